The van der Waals surface area contributed by atoms with Crippen molar-refractivity contribution >= 4 is 29.0 Å². The van der Waals surface area contributed by atoms with E-state index in [0.717, 1.165) is 22.8 Å². The molecule has 96 valence electrons. The summed E-state index contributed by atoms with van der Waals surface area (Å²) in [4.78, 5) is 12.2. The van der Waals surface area contributed by atoms with E-state index in [1.165, 1.54) is 11.8 Å². The molecule has 0 aromatic carbocycles. The zero-order valence-corrected chi connectivity index (χ0v) is 11.6. The molecular weight excluding hydrogens is 268 g/mol. The molecule has 0 aliphatic rings. The zero-order chi connectivity index (χ0) is 13.0. The molecular formula is C12H14N2O2S2. The maximum atomic E-state index is 11.1. The molecule has 0 aliphatic carbocycles. The van der Waals surface area contributed by atoms with Crippen LogP contribution in [0.25, 0.3) is 10.6 Å². The molecule has 0 bridgehead atoms. The number of primary amides is 1. The van der Waals surface area contributed by atoms with E-state index in [2.05, 4.69) is 5.16 Å². The first-order chi connectivity index (χ1) is 8.70. The van der Waals surface area contributed by atoms with Gasteiger partial charge in [-0.15, -0.1) is 23.1 Å². The van der Waals surface area contributed by atoms with Crippen LogP contribution >= 0.6 is 23.1 Å². The molecule has 2 aromatic rings. The molecule has 1 amide bonds. The van der Waals surface area contributed by atoms with Gasteiger partial charge in [0.05, 0.1) is 15.8 Å². The molecule has 0 spiro atoms. The number of thioether (sulfide) groups is 1. The van der Waals surface area contributed by atoms with Gasteiger partial charge in [0.2, 0.25) is 5.91 Å². The first kappa shape index (κ1) is 13.2. The van der Waals surface area contributed by atoms with Gasteiger partial charge in [0.15, 0.2) is 5.76 Å². The number of hydrogen-bond donors (Lipinski definition) is 1. The van der Waals surface area contributed by atoms with Crippen LogP contribution in [0.3, 0.4) is 0 Å². The van der Waals surface area contributed by atoms with E-state index >= 15 is 0 Å². The number of hydrogen-bond acceptors (Lipinski definition) is 5. The fraction of sp³-hybridized carbons (Fsp3) is 0.333. The van der Waals surface area contributed by atoms with Crippen LogP contribution in [0.15, 0.2) is 28.1 Å². The van der Waals surface area contributed by atoms with E-state index in [1.54, 1.807) is 11.3 Å². The molecule has 6 heteroatoms. The standard InChI is InChI=1S/C12H14N2O2S2/c1-2-10(12(13)15)18-7-8-6-9(16-14-8)11-4-3-5-17-11/h3-6,10H,2,7H2,1H3,(H2,13,15)/t10-/m0/s1. The van der Waals surface area contributed by atoms with Crippen LogP contribution < -0.4 is 5.73 Å². The van der Waals surface area contributed by atoms with Gasteiger partial charge in [-0.2, -0.15) is 0 Å². The minimum absolute atomic E-state index is 0.160. The van der Waals surface area contributed by atoms with Crippen LogP contribution in [-0.2, 0) is 10.5 Å². The van der Waals surface area contributed by atoms with Gasteiger partial charge in [-0.3, -0.25) is 4.79 Å². The Morgan fingerprint density at radius 2 is 2.50 bits per heavy atom. The molecule has 0 saturated heterocycles. The van der Waals surface area contributed by atoms with Gasteiger partial charge in [0, 0.05) is 11.8 Å². The van der Waals surface area contributed by atoms with Crippen LogP contribution in [0.4, 0.5) is 0 Å². The number of rotatable bonds is 6. The van der Waals surface area contributed by atoms with Gasteiger partial charge in [-0.25, -0.2) is 0 Å². The van der Waals surface area contributed by atoms with Crippen LogP contribution in [-0.4, -0.2) is 16.3 Å². The number of thiophene rings is 1. The maximum Gasteiger partial charge on any atom is 0.230 e. The molecule has 0 radical (unpaired) electrons. The number of amides is 1. The summed E-state index contributed by atoms with van der Waals surface area (Å²) in [5.74, 6) is 1.13. The molecule has 4 nitrogen and oxygen atoms in total. The molecule has 1 atom stereocenters. The number of nitrogens with zero attached hydrogens (tertiary/aromatic N) is 1. The second-order valence-corrected chi connectivity index (χ2v) is 5.91. The van der Waals surface area contributed by atoms with Gasteiger partial charge < -0.3 is 10.3 Å². The summed E-state index contributed by atoms with van der Waals surface area (Å²) >= 11 is 3.11. The highest BCUT2D eigenvalue weighted by atomic mass is 32.2. The summed E-state index contributed by atoms with van der Waals surface area (Å²) in [6.07, 6.45) is 0.732. The Morgan fingerprint density at radius 3 is 3.11 bits per heavy atom. The van der Waals surface area contributed by atoms with Crippen molar-refractivity contribution in [2.24, 2.45) is 5.73 Å². The highest BCUT2D eigenvalue weighted by Gasteiger charge is 2.15. The number of carbonyl (C=O) groups excluding carboxylic acids is 1. The predicted molar refractivity (Wildman–Crippen MR) is 74.4 cm³/mol. The lowest BCUT2D eigenvalue weighted by molar-refractivity contribution is -0.117. The smallest absolute Gasteiger partial charge is 0.230 e. The van der Waals surface area contributed by atoms with Crippen molar-refractivity contribution < 1.29 is 9.32 Å². The summed E-state index contributed by atoms with van der Waals surface area (Å²) < 4.78 is 5.27. The third-order valence-electron chi connectivity index (χ3n) is 2.44. The van der Waals surface area contributed by atoms with Crippen LogP contribution in [0, 0.1) is 0 Å². The lowest BCUT2D eigenvalue weighted by atomic mass is 10.3. The van der Waals surface area contributed by atoms with Gasteiger partial charge >= 0.3 is 0 Å². The molecule has 0 unspecified atom stereocenters. The highest BCUT2D eigenvalue weighted by Crippen LogP contribution is 2.27. The minimum atomic E-state index is -0.274. The Morgan fingerprint density at radius 1 is 1.67 bits per heavy atom. The molecule has 2 rings (SSSR count). The van der Waals surface area contributed by atoms with E-state index in [1.807, 2.05) is 30.5 Å². The molecule has 18 heavy (non-hydrogen) atoms. The lowest BCUT2D eigenvalue weighted by Crippen LogP contribution is -2.25. The van der Waals surface area contributed by atoms with Crippen molar-refractivity contribution in [2.75, 3.05) is 0 Å². The van der Waals surface area contributed by atoms with E-state index in [-0.39, 0.29) is 11.2 Å². The van der Waals surface area contributed by atoms with E-state index in [9.17, 15) is 4.79 Å². The van der Waals surface area contributed by atoms with E-state index in [0.29, 0.717) is 5.75 Å². The largest absolute Gasteiger partial charge is 0.369 e. The third kappa shape index (κ3) is 3.14. The highest BCUT2D eigenvalue weighted by molar-refractivity contribution is 7.99. The lowest BCUT2D eigenvalue weighted by Gasteiger charge is -2.07. The Kier molecular flexibility index (Phi) is 4.43. The second kappa shape index (κ2) is 6.06. The number of carbonyl (C=O) groups is 1. The summed E-state index contributed by atoms with van der Waals surface area (Å²) in [5.41, 5.74) is 6.13. The van der Waals surface area contributed by atoms with Gasteiger partial charge in [0.1, 0.15) is 0 Å². The molecule has 2 aromatic heterocycles. The topological polar surface area (TPSA) is 69.1 Å². The average Bonchev–Trinajstić information content (AvgIpc) is 2.99. The molecule has 2 heterocycles. The summed E-state index contributed by atoms with van der Waals surface area (Å²) in [6.45, 7) is 1.95. The molecule has 2 N–H and O–H groups in total. The van der Waals surface area contributed by atoms with Crippen molar-refractivity contribution in [3.63, 3.8) is 0 Å². The summed E-state index contributed by atoms with van der Waals surface area (Å²) in [6, 6.07) is 5.87. The SMILES string of the molecule is CC[C@H](SCc1cc(-c2cccs2)on1)C(N)=O. The van der Waals surface area contributed by atoms with Gasteiger partial charge in [-0.1, -0.05) is 18.1 Å². The quantitative estimate of drug-likeness (QED) is 0.884. The third-order valence-corrected chi connectivity index (χ3v) is 4.76. The van der Waals surface area contributed by atoms with Crippen LogP contribution in [0.2, 0.25) is 0 Å². The summed E-state index contributed by atoms with van der Waals surface area (Å²) in [5, 5.41) is 5.83. The van der Waals surface area contributed by atoms with Gasteiger partial charge in [0.25, 0.3) is 0 Å². The molecule has 0 fully saturated rings. The average molecular weight is 282 g/mol. The fourth-order valence-electron chi connectivity index (χ4n) is 1.50. The van der Waals surface area contributed by atoms with Gasteiger partial charge in [-0.05, 0) is 17.9 Å². The molecule has 0 aliphatic heterocycles. The minimum Gasteiger partial charge on any atom is -0.369 e. The Labute approximate surface area is 114 Å². The summed E-state index contributed by atoms with van der Waals surface area (Å²) in [7, 11) is 0. The van der Waals surface area contributed by atoms with E-state index in [4.69, 9.17) is 10.3 Å². The normalized spacial score (nSPS) is 12.5. The Balaban J connectivity index is 1.97. The maximum absolute atomic E-state index is 11.1. The first-order valence-corrected chi connectivity index (χ1v) is 7.54. The number of aromatic nitrogens is 1. The van der Waals surface area contributed by atoms with Crippen molar-refractivity contribution in [2.45, 2.75) is 24.3 Å². The fourth-order valence-corrected chi connectivity index (χ4v) is 3.08. The van der Waals surface area contributed by atoms with Crippen molar-refractivity contribution in [1.29, 1.82) is 0 Å². The number of nitrogens with two attached hydrogens (primary N) is 1. The molecule has 0 saturated carbocycles. The first-order valence-electron chi connectivity index (χ1n) is 5.61. The zero-order valence-electron chi connectivity index (χ0n) is 9.96. The van der Waals surface area contributed by atoms with Crippen LogP contribution in [0.1, 0.15) is 19.0 Å². The predicted octanol–water partition coefficient (Wildman–Crippen LogP) is 2.90. The van der Waals surface area contributed by atoms with Crippen molar-refractivity contribution in [3.05, 3.63) is 29.3 Å². The van der Waals surface area contributed by atoms with E-state index < -0.39 is 0 Å². The Bertz CT molecular complexity index is 508. The van der Waals surface area contributed by atoms with Crippen LogP contribution in [0.5, 0.6) is 0 Å². The second-order valence-electron chi connectivity index (χ2n) is 3.77. The van der Waals surface area contributed by atoms with Crippen molar-refractivity contribution in [1.82, 2.24) is 5.16 Å². The Hall–Kier alpha value is -1.27. The monoisotopic (exact) mass is 282 g/mol. The van der Waals surface area contributed by atoms with Crippen molar-refractivity contribution in [3.8, 4) is 10.6 Å².